The Morgan fingerprint density at radius 1 is 0.117 bits per heavy atom. The molecule has 0 aliphatic carbocycles. The highest BCUT2D eigenvalue weighted by Crippen LogP contribution is 2.31. The van der Waals surface area contributed by atoms with Crippen molar-refractivity contribution in [2.75, 3.05) is 0 Å². The van der Waals surface area contributed by atoms with Crippen LogP contribution in [0, 0.1) is 125 Å². The highest BCUT2D eigenvalue weighted by atomic mass is 14.1. The van der Waals surface area contributed by atoms with Gasteiger partial charge in [-0.3, -0.25) is 0 Å². The first-order valence-electron chi connectivity index (χ1n) is 42.1. The summed E-state index contributed by atoms with van der Waals surface area (Å²) in [4.78, 5) is 0. The van der Waals surface area contributed by atoms with E-state index in [0.717, 1.165) is 0 Å². The topological polar surface area (TPSA) is 0 Å². The average molecular weight is 1560 g/mol. The molecular formula is C120H120. The Kier molecular flexibility index (Phi) is 33.3. The fourth-order valence-corrected chi connectivity index (χ4v) is 15.1. The summed E-state index contributed by atoms with van der Waals surface area (Å²) in [5.74, 6) is 0. The number of aryl methyl sites for hydroxylation is 18. The largest absolute Gasteiger partial charge is 0.0622 e. The van der Waals surface area contributed by atoms with Gasteiger partial charge >= 0.3 is 0 Å². The SMILES string of the molecule is Cc1cc(C)cc(-c2ccccc2)c1.Cc1ccc(-c2ccccc2)c(C)c1.Cc1ccc(-c2ccccc2)cc1C.Cc1ccc(C)c2ccccc12.Cc1ccc2cc(C)ccc2c1.Cc1cccc(-c2ccccc2C)c1.Cc1cccc(C)c1-c1ccccc1.Cc1cccc2c(C)cccc12.Cc1ccccc1-c1ccccc1C. The summed E-state index contributed by atoms with van der Waals surface area (Å²) in [5, 5.41) is 8.16. The van der Waals surface area contributed by atoms with Crippen molar-refractivity contribution in [1.82, 2.24) is 0 Å². The third-order valence-electron chi connectivity index (χ3n) is 21.9. The van der Waals surface area contributed by atoms with Crippen LogP contribution >= 0.6 is 0 Å². The van der Waals surface area contributed by atoms with Crippen molar-refractivity contribution in [3.05, 3.63) is 501 Å². The van der Waals surface area contributed by atoms with Gasteiger partial charge in [0.1, 0.15) is 0 Å². The maximum atomic E-state index is 2.24. The molecule has 0 aliphatic heterocycles. The van der Waals surface area contributed by atoms with Crippen LogP contribution < -0.4 is 0 Å². The molecule has 0 radical (unpaired) electrons. The van der Waals surface area contributed by atoms with Crippen LogP contribution in [0.15, 0.2) is 400 Å². The predicted molar refractivity (Wildman–Crippen MR) is 528 cm³/mol. The monoisotopic (exact) mass is 1560 g/mol. The fraction of sp³-hybridized carbons (Fsp3) is 0.150. The molecule has 18 aromatic rings. The van der Waals surface area contributed by atoms with Crippen molar-refractivity contribution in [3.8, 4) is 66.8 Å². The van der Waals surface area contributed by atoms with E-state index in [-0.39, 0.29) is 0 Å². The van der Waals surface area contributed by atoms with Gasteiger partial charge in [0, 0.05) is 0 Å². The third-order valence-corrected chi connectivity index (χ3v) is 21.9. The van der Waals surface area contributed by atoms with Crippen LogP contribution in [0.2, 0.25) is 0 Å². The fourth-order valence-electron chi connectivity index (χ4n) is 15.1. The summed E-state index contributed by atoms with van der Waals surface area (Å²) >= 11 is 0. The second kappa shape index (κ2) is 44.9. The summed E-state index contributed by atoms with van der Waals surface area (Å²) in [6.45, 7) is 38.6. The van der Waals surface area contributed by atoms with Crippen LogP contribution in [-0.4, -0.2) is 0 Å². The molecule has 0 spiro atoms. The Balaban J connectivity index is 0.000000142. The summed E-state index contributed by atoms with van der Waals surface area (Å²) in [5.41, 5.74) is 39.9. The zero-order valence-electron chi connectivity index (χ0n) is 74.1. The maximum Gasteiger partial charge on any atom is -0.0125 e. The molecule has 600 valence electrons. The van der Waals surface area contributed by atoms with E-state index in [2.05, 4.69) is 507 Å². The molecule has 0 atom stereocenters. The highest BCUT2D eigenvalue weighted by Gasteiger charge is 2.08. The van der Waals surface area contributed by atoms with Gasteiger partial charge in [0.15, 0.2) is 0 Å². The molecule has 0 nitrogen and oxygen atoms in total. The molecule has 18 aromatic carbocycles. The highest BCUT2D eigenvalue weighted by molar-refractivity contribution is 5.89. The van der Waals surface area contributed by atoms with Crippen molar-refractivity contribution in [1.29, 1.82) is 0 Å². The van der Waals surface area contributed by atoms with Gasteiger partial charge in [0.25, 0.3) is 0 Å². The van der Waals surface area contributed by atoms with Crippen molar-refractivity contribution >= 4 is 32.3 Å². The first-order chi connectivity index (χ1) is 58.0. The second-order valence-electron chi connectivity index (χ2n) is 31.9. The van der Waals surface area contributed by atoms with Gasteiger partial charge in [-0.25, -0.2) is 0 Å². The molecule has 0 amide bonds. The Bertz CT molecular complexity index is 6030. The molecule has 18 rings (SSSR count). The summed E-state index contributed by atoms with van der Waals surface area (Å²) in [6, 6.07) is 141. The van der Waals surface area contributed by atoms with E-state index in [1.54, 1.807) is 0 Å². The van der Waals surface area contributed by atoms with Crippen molar-refractivity contribution in [2.45, 2.75) is 125 Å². The molecular weight excluding hydrogens is 1440 g/mol. The Morgan fingerprint density at radius 3 is 0.867 bits per heavy atom. The Morgan fingerprint density at radius 2 is 0.425 bits per heavy atom. The van der Waals surface area contributed by atoms with Crippen molar-refractivity contribution < 1.29 is 0 Å². The number of fused-ring (bicyclic) bond motifs is 3. The normalized spacial score (nSPS) is 10.2. The number of hydrogen-bond acceptors (Lipinski definition) is 0. The van der Waals surface area contributed by atoms with Crippen LogP contribution in [0.25, 0.3) is 99.1 Å². The van der Waals surface area contributed by atoms with E-state index in [1.807, 2.05) is 18.2 Å². The molecule has 0 aromatic heterocycles. The lowest BCUT2D eigenvalue weighted by Gasteiger charge is -2.09. The standard InChI is InChI=1S/6C14H14.3C12H12/c1-11-7-3-5-9-13(11)14-10-6-4-8-12(14)2;1-11-6-5-8-13(10-11)14-9-4-3-7-12(14)2;1-11-7-6-8-12(2)14(11)13-9-4-3-5-10-13;1-11-8-12(2)10-14(9-11)13-6-4-3-5-7-13;1-11-8-9-14(10-12(11)2)13-6-4-3-5-7-13;1-11-8-9-14(12(2)10-11)13-6-4-3-5-7-13;1-9-3-5-12-8-10(2)4-6-11(12)7-9;1-9-5-3-8-12-10(2)6-4-7-11(9)12;1-9-7-8-10(2)12-6-4-3-5-11(9)12/h6*3-10H,1-2H3;3*3-8H,1-2H3. The molecule has 0 heteroatoms. The summed E-state index contributed by atoms with van der Waals surface area (Å²) in [6.07, 6.45) is 0. The lowest BCUT2D eigenvalue weighted by atomic mass is 9.96. The smallest absolute Gasteiger partial charge is 0.0125 e. The number of hydrogen-bond donors (Lipinski definition) is 0. The average Bonchev–Trinajstić information content (AvgIpc) is 0.824. The van der Waals surface area contributed by atoms with E-state index in [1.165, 1.54) is 199 Å². The molecule has 0 fully saturated rings. The zero-order valence-corrected chi connectivity index (χ0v) is 74.1. The van der Waals surface area contributed by atoms with Gasteiger partial charge in [-0.05, 0) is 290 Å². The van der Waals surface area contributed by atoms with E-state index < -0.39 is 0 Å². The van der Waals surface area contributed by atoms with Gasteiger partial charge in [0.05, 0.1) is 0 Å². The lowest BCUT2D eigenvalue weighted by molar-refractivity contribution is 1.34. The third kappa shape index (κ3) is 26.1. The Hall–Kier alpha value is -13.3. The molecule has 0 saturated carbocycles. The number of benzene rings is 18. The summed E-state index contributed by atoms with van der Waals surface area (Å²) in [7, 11) is 0. The van der Waals surface area contributed by atoms with Crippen LogP contribution in [0.5, 0.6) is 0 Å². The molecule has 0 bridgehead atoms. The van der Waals surface area contributed by atoms with E-state index in [0.29, 0.717) is 0 Å². The van der Waals surface area contributed by atoms with Gasteiger partial charge < -0.3 is 0 Å². The van der Waals surface area contributed by atoms with Gasteiger partial charge in [0.2, 0.25) is 0 Å². The molecule has 0 heterocycles. The molecule has 0 N–H and O–H groups in total. The number of rotatable bonds is 6. The lowest BCUT2D eigenvalue weighted by Crippen LogP contribution is -1.86. The van der Waals surface area contributed by atoms with Crippen molar-refractivity contribution in [2.24, 2.45) is 0 Å². The first kappa shape index (κ1) is 89.1. The first-order valence-corrected chi connectivity index (χ1v) is 42.1. The predicted octanol–water partition coefficient (Wildman–Crippen LogP) is 34.2. The minimum Gasteiger partial charge on any atom is -0.0622 e. The Labute approximate surface area is 719 Å². The van der Waals surface area contributed by atoms with E-state index in [9.17, 15) is 0 Å². The van der Waals surface area contributed by atoms with Crippen LogP contribution in [-0.2, 0) is 0 Å². The minimum atomic E-state index is 1.29. The van der Waals surface area contributed by atoms with Crippen LogP contribution in [0.3, 0.4) is 0 Å². The quantitative estimate of drug-likeness (QED) is 0.156. The molecule has 0 aliphatic rings. The second-order valence-corrected chi connectivity index (χ2v) is 31.9. The molecule has 0 saturated heterocycles. The van der Waals surface area contributed by atoms with Gasteiger partial charge in [-0.2, -0.15) is 0 Å². The van der Waals surface area contributed by atoms with Crippen molar-refractivity contribution in [3.63, 3.8) is 0 Å². The van der Waals surface area contributed by atoms with Gasteiger partial charge in [-0.1, -0.05) is 434 Å². The van der Waals surface area contributed by atoms with Gasteiger partial charge in [-0.15, -0.1) is 0 Å². The van der Waals surface area contributed by atoms with Crippen LogP contribution in [0.4, 0.5) is 0 Å². The van der Waals surface area contributed by atoms with E-state index >= 15 is 0 Å². The zero-order chi connectivity index (χ0) is 85.5. The van der Waals surface area contributed by atoms with E-state index in [4.69, 9.17) is 0 Å². The minimum absolute atomic E-state index is 1.29. The molecule has 0 unspecified atom stereocenters. The summed E-state index contributed by atoms with van der Waals surface area (Å²) < 4.78 is 0. The van der Waals surface area contributed by atoms with Crippen LogP contribution in [0.1, 0.15) is 100 Å². The molecule has 120 heavy (non-hydrogen) atoms. The maximum absolute atomic E-state index is 2.24.